The molecule has 24 heavy (non-hydrogen) atoms. The Balaban J connectivity index is 1.85. The molecule has 1 aliphatic heterocycles. The summed E-state index contributed by atoms with van der Waals surface area (Å²) in [6.45, 7) is 5.09. The molecule has 1 heterocycles. The van der Waals surface area contributed by atoms with Gasteiger partial charge in [-0.15, -0.1) is 0 Å². The van der Waals surface area contributed by atoms with Crippen LogP contribution in [-0.2, 0) is 9.84 Å². The molecule has 8 heteroatoms. The fourth-order valence-electron chi connectivity index (χ4n) is 2.55. The second-order valence-electron chi connectivity index (χ2n) is 6.28. The Labute approximate surface area is 142 Å². The molecule has 0 radical (unpaired) electrons. The smallest absolute Gasteiger partial charge is 0.193 e. The van der Waals surface area contributed by atoms with Crippen LogP contribution in [0, 0.1) is 5.82 Å². The fraction of sp³-hybridized carbons (Fsp3) is 0.562. The van der Waals surface area contributed by atoms with Crippen molar-refractivity contribution in [1.82, 2.24) is 10.2 Å². The van der Waals surface area contributed by atoms with E-state index in [0.29, 0.717) is 38.0 Å². The highest BCUT2D eigenvalue weighted by molar-refractivity contribution is 7.92. The van der Waals surface area contributed by atoms with Crippen LogP contribution in [0.4, 0.5) is 4.39 Å². The van der Waals surface area contributed by atoms with Crippen LogP contribution >= 0.6 is 0 Å². The molecule has 1 aromatic carbocycles. The fourth-order valence-corrected chi connectivity index (χ4v) is 3.91. The number of nitrogens with one attached hydrogen (secondary N) is 1. The lowest BCUT2D eigenvalue weighted by molar-refractivity contribution is 0.311. The maximum Gasteiger partial charge on any atom is 0.193 e. The highest BCUT2D eigenvalue weighted by atomic mass is 32.2. The first kappa shape index (κ1) is 18.5. The standard InChI is InChI=1S/C16H24FN3O3S/c1-16(2)12-20(8-10-24(16,21)22)15(18-3)19-7-9-23-14-6-4-5-13(17)11-14/h4-6,11H,7-10,12H2,1-3H3,(H,18,19). The van der Waals surface area contributed by atoms with Crippen LogP contribution in [0.2, 0.25) is 0 Å². The van der Waals surface area contributed by atoms with Crippen molar-refractivity contribution in [3.05, 3.63) is 30.1 Å². The summed E-state index contributed by atoms with van der Waals surface area (Å²) >= 11 is 0. The normalized spacial score (nSPS) is 19.8. The summed E-state index contributed by atoms with van der Waals surface area (Å²) in [6, 6.07) is 5.97. The van der Waals surface area contributed by atoms with Crippen LogP contribution in [0.3, 0.4) is 0 Å². The predicted octanol–water partition coefficient (Wildman–Crippen LogP) is 1.29. The number of halogens is 1. The number of hydrogen-bond acceptors (Lipinski definition) is 4. The molecule has 134 valence electrons. The molecule has 6 nitrogen and oxygen atoms in total. The van der Waals surface area contributed by atoms with Crippen LogP contribution in [-0.4, -0.2) is 63.1 Å². The third-order valence-corrected chi connectivity index (χ3v) is 6.54. The monoisotopic (exact) mass is 357 g/mol. The number of nitrogens with zero attached hydrogens (tertiary/aromatic N) is 2. The summed E-state index contributed by atoms with van der Waals surface area (Å²) in [5, 5.41) is 3.15. The molecular weight excluding hydrogens is 333 g/mol. The zero-order valence-electron chi connectivity index (χ0n) is 14.3. The maximum atomic E-state index is 13.1. The molecule has 0 aromatic heterocycles. The lowest BCUT2D eigenvalue weighted by atomic mass is 10.2. The average Bonchev–Trinajstić information content (AvgIpc) is 2.50. The van der Waals surface area contributed by atoms with Crippen molar-refractivity contribution in [2.75, 3.05) is 39.0 Å². The Morgan fingerprint density at radius 1 is 1.46 bits per heavy atom. The van der Waals surface area contributed by atoms with E-state index in [1.165, 1.54) is 12.1 Å². The number of aliphatic imine (C=N–C) groups is 1. The van der Waals surface area contributed by atoms with Crippen molar-refractivity contribution in [3.8, 4) is 5.75 Å². The molecule has 1 N–H and O–H groups in total. The second-order valence-corrected chi connectivity index (χ2v) is 9.02. The van der Waals surface area contributed by atoms with Crippen molar-refractivity contribution < 1.29 is 17.5 Å². The molecule has 0 atom stereocenters. The molecule has 1 aliphatic rings. The third kappa shape index (κ3) is 4.37. The first-order valence-corrected chi connectivity index (χ1v) is 9.47. The summed E-state index contributed by atoms with van der Waals surface area (Å²) in [4.78, 5) is 6.14. The van der Waals surface area contributed by atoms with Gasteiger partial charge in [0.15, 0.2) is 15.8 Å². The van der Waals surface area contributed by atoms with E-state index in [4.69, 9.17) is 4.74 Å². The van der Waals surface area contributed by atoms with E-state index in [-0.39, 0.29) is 11.6 Å². The van der Waals surface area contributed by atoms with Crippen LogP contribution in [0.25, 0.3) is 0 Å². The molecule has 1 aromatic rings. The van der Waals surface area contributed by atoms with E-state index in [0.717, 1.165) is 0 Å². The third-order valence-electron chi connectivity index (χ3n) is 4.00. The Kier molecular flexibility index (Phi) is 5.69. The van der Waals surface area contributed by atoms with Gasteiger partial charge in [0.2, 0.25) is 0 Å². The summed E-state index contributed by atoms with van der Waals surface area (Å²) in [5.41, 5.74) is 0. The molecule has 0 amide bonds. The minimum Gasteiger partial charge on any atom is -0.492 e. The molecule has 2 rings (SSSR count). The Morgan fingerprint density at radius 3 is 2.83 bits per heavy atom. The summed E-state index contributed by atoms with van der Waals surface area (Å²) in [5.74, 6) is 0.881. The van der Waals surface area contributed by atoms with E-state index in [9.17, 15) is 12.8 Å². The summed E-state index contributed by atoms with van der Waals surface area (Å²) in [6.07, 6.45) is 0. The zero-order chi connectivity index (χ0) is 17.8. The van der Waals surface area contributed by atoms with Crippen molar-refractivity contribution >= 4 is 15.8 Å². The minimum atomic E-state index is -3.09. The van der Waals surface area contributed by atoms with Gasteiger partial charge in [-0.05, 0) is 26.0 Å². The highest BCUT2D eigenvalue weighted by Crippen LogP contribution is 2.23. The van der Waals surface area contributed by atoms with Crippen LogP contribution in [0.5, 0.6) is 5.75 Å². The molecule has 0 saturated carbocycles. The Morgan fingerprint density at radius 2 is 2.21 bits per heavy atom. The summed E-state index contributed by atoms with van der Waals surface area (Å²) in [7, 11) is -1.43. The van der Waals surface area contributed by atoms with Gasteiger partial charge in [-0.25, -0.2) is 12.8 Å². The number of ether oxygens (including phenoxy) is 1. The van der Waals surface area contributed by atoms with Crippen molar-refractivity contribution in [3.63, 3.8) is 0 Å². The largest absolute Gasteiger partial charge is 0.492 e. The molecular formula is C16H24FN3O3S. The number of sulfone groups is 1. The summed E-state index contributed by atoms with van der Waals surface area (Å²) < 4.78 is 41.9. The molecule has 0 spiro atoms. The Hall–Kier alpha value is -1.83. The number of rotatable bonds is 4. The zero-order valence-corrected chi connectivity index (χ0v) is 15.1. The molecule has 0 bridgehead atoms. The van der Waals surface area contributed by atoms with Gasteiger partial charge in [-0.3, -0.25) is 4.99 Å². The molecule has 1 fully saturated rings. The lowest BCUT2D eigenvalue weighted by Gasteiger charge is -2.39. The van der Waals surface area contributed by atoms with E-state index < -0.39 is 14.6 Å². The predicted molar refractivity (Wildman–Crippen MR) is 92.7 cm³/mol. The van der Waals surface area contributed by atoms with E-state index in [2.05, 4.69) is 10.3 Å². The van der Waals surface area contributed by atoms with Crippen molar-refractivity contribution in [1.29, 1.82) is 0 Å². The van der Waals surface area contributed by atoms with Gasteiger partial charge in [-0.2, -0.15) is 0 Å². The van der Waals surface area contributed by atoms with Gasteiger partial charge < -0.3 is 15.0 Å². The quantitative estimate of drug-likeness (QED) is 0.499. The highest BCUT2D eigenvalue weighted by Gasteiger charge is 2.40. The first-order chi connectivity index (χ1) is 11.2. The topological polar surface area (TPSA) is 71.0 Å². The van der Waals surface area contributed by atoms with Crippen molar-refractivity contribution in [2.24, 2.45) is 4.99 Å². The van der Waals surface area contributed by atoms with Gasteiger partial charge in [-0.1, -0.05) is 6.07 Å². The molecule has 1 saturated heterocycles. The lowest BCUT2D eigenvalue weighted by Crippen LogP contribution is -2.57. The van der Waals surface area contributed by atoms with Crippen LogP contribution in [0.1, 0.15) is 13.8 Å². The van der Waals surface area contributed by atoms with Gasteiger partial charge in [0.25, 0.3) is 0 Å². The van der Waals surface area contributed by atoms with E-state index in [1.54, 1.807) is 33.0 Å². The maximum absolute atomic E-state index is 13.1. The molecule has 0 unspecified atom stereocenters. The average molecular weight is 357 g/mol. The number of benzene rings is 1. The van der Waals surface area contributed by atoms with Gasteiger partial charge >= 0.3 is 0 Å². The van der Waals surface area contributed by atoms with Crippen molar-refractivity contribution in [2.45, 2.75) is 18.6 Å². The van der Waals surface area contributed by atoms with Gasteiger partial charge in [0, 0.05) is 26.2 Å². The van der Waals surface area contributed by atoms with Crippen LogP contribution in [0.15, 0.2) is 29.3 Å². The number of guanidine groups is 1. The van der Waals surface area contributed by atoms with E-state index in [1.807, 2.05) is 4.90 Å². The minimum absolute atomic E-state index is 0.112. The molecule has 0 aliphatic carbocycles. The van der Waals surface area contributed by atoms with Gasteiger partial charge in [0.1, 0.15) is 18.2 Å². The number of hydrogen-bond donors (Lipinski definition) is 1. The van der Waals surface area contributed by atoms with Gasteiger partial charge in [0.05, 0.1) is 17.0 Å². The Bertz CT molecular complexity index is 704. The van der Waals surface area contributed by atoms with Crippen LogP contribution < -0.4 is 10.1 Å². The first-order valence-electron chi connectivity index (χ1n) is 7.81. The van der Waals surface area contributed by atoms with E-state index >= 15 is 0 Å². The second kappa shape index (κ2) is 7.38. The SMILES string of the molecule is CN=C(NCCOc1cccc(F)c1)N1CCS(=O)(=O)C(C)(C)C1.